The highest BCUT2D eigenvalue weighted by molar-refractivity contribution is 7.15. The maximum Gasteiger partial charge on any atom is 0.339 e. The van der Waals surface area contributed by atoms with Gasteiger partial charge in [0.25, 0.3) is 5.91 Å². The molecule has 0 spiro atoms. The van der Waals surface area contributed by atoms with Crippen LogP contribution in [0.5, 0.6) is 0 Å². The molecule has 0 aliphatic carbocycles. The number of aromatic carboxylic acids is 1. The number of carboxylic acids is 1. The van der Waals surface area contributed by atoms with Gasteiger partial charge in [-0.05, 0) is 24.3 Å². The average molecular weight is 506 g/mol. The summed E-state index contributed by atoms with van der Waals surface area (Å²) >= 11 is 0.899. The van der Waals surface area contributed by atoms with Crippen molar-refractivity contribution >= 4 is 45.1 Å². The van der Waals surface area contributed by atoms with Crippen LogP contribution in [0.3, 0.4) is 0 Å². The maximum atomic E-state index is 14.0. The zero-order valence-corrected chi connectivity index (χ0v) is 20.0. The van der Waals surface area contributed by atoms with Crippen molar-refractivity contribution in [2.45, 2.75) is 20.8 Å². The molecular weight excluding hydrogens is 483 g/mol. The minimum Gasteiger partial charge on any atom is -0.478 e. The molecule has 0 saturated carbocycles. The van der Waals surface area contributed by atoms with Gasteiger partial charge in [0.15, 0.2) is 11.7 Å². The maximum absolute atomic E-state index is 14.0. The van der Waals surface area contributed by atoms with E-state index in [1.54, 1.807) is 24.3 Å². The fraction of sp³-hybridized carbons (Fsp3) is 0.167. The van der Waals surface area contributed by atoms with E-state index in [9.17, 15) is 27.9 Å². The van der Waals surface area contributed by atoms with Gasteiger partial charge in [0, 0.05) is 35.9 Å². The number of rotatable bonds is 4. The highest BCUT2D eigenvalue weighted by Crippen LogP contribution is 2.37. The number of nitrogens with one attached hydrogen (secondary N) is 1. The number of pyridine rings is 1. The number of carbonyl (C=O) groups excluding carboxylic acids is 1. The third-order valence-electron chi connectivity index (χ3n) is 4.29. The molecule has 7 nitrogen and oxygen atoms in total. The minimum absolute atomic E-state index is 0.00196. The molecular formula is C24H22F3N3O4S. The number of hydrogen-bond donors (Lipinski definition) is 2. The van der Waals surface area contributed by atoms with Gasteiger partial charge in [-0.2, -0.15) is 18.2 Å². The number of anilines is 1. The summed E-state index contributed by atoms with van der Waals surface area (Å²) in [7, 11) is 1.41. The van der Waals surface area contributed by atoms with E-state index in [0.717, 1.165) is 28.9 Å². The van der Waals surface area contributed by atoms with E-state index in [2.05, 4.69) is 15.3 Å². The number of hydrogen-bond acceptors (Lipinski definition) is 6. The lowest BCUT2D eigenvalue weighted by Gasteiger charge is -2.05. The summed E-state index contributed by atoms with van der Waals surface area (Å²) < 4.78 is 43.7. The molecule has 0 unspecified atom stereocenters. The van der Waals surface area contributed by atoms with Crippen molar-refractivity contribution in [3.63, 3.8) is 0 Å². The van der Waals surface area contributed by atoms with Gasteiger partial charge >= 0.3 is 5.97 Å². The monoisotopic (exact) mass is 505 g/mol. The molecule has 4 aromatic rings. The summed E-state index contributed by atoms with van der Waals surface area (Å²) in [5, 5.41) is 14.1. The molecule has 0 saturated heterocycles. The van der Waals surface area contributed by atoms with Crippen LogP contribution < -0.4 is 5.32 Å². The fourth-order valence-electron chi connectivity index (χ4n) is 2.73. The summed E-state index contributed by atoms with van der Waals surface area (Å²) in [5.41, 5.74) is 0.000829. The van der Waals surface area contributed by atoms with Crippen LogP contribution in [0.2, 0.25) is 0 Å². The molecule has 0 radical (unpaired) electrons. The second kappa shape index (κ2) is 12.5. The van der Waals surface area contributed by atoms with Crippen LogP contribution in [0.25, 0.3) is 22.1 Å². The van der Waals surface area contributed by atoms with Crippen molar-refractivity contribution in [1.82, 2.24) is 4.98 Å². The summed E-state index contributed by atoms with van der Waals surface area (Å²) in [6.45, 7) is 5.31. The minimum atomic E-state index is -1.38. The normalized spacial score (nSPS) is 10.7. The molecule has 0 aliphatic heterocycles. The van der Waals surface area contributed by atoms with E-state index in [1.807, 2.05) is 13.8 Å². The molecule has 184 valence electrons. The van der Waals surface area contributed by atoms with Gasteiger partial charge in [0.05, 0.1) is 0 Å². The standard InChI is InChI=1S/C19H10F2N2O4S.C3H6FN.C2H6/c20-14-6-5-10(16(21)22-14)11-8-28-18(15(11)19(25)26)23-17(24)13-7-9-3-1-2-4-12(9)27-13;1-3(4)5-2;1-2/h1-8H,(H,23,24)(H,25,26);1-2H3;1-2H3. The van der Waals surface area contributed by atoms with Crippen molar-refractivity contribution in [2.24, 2.45) is 4.99 Å². The van der Waals surface area contributed by atoms with E-state index in [0.29, 0.717) is 5.58 Å². The van der Waals surface area contributed by atoms with Crippen LogP contribution in [0.4, 0.5) is 18.2 Å². The number of benzene rings is 1. The molecule has 0 aliphatic rings. The Bertz CT molecular complexity index is 1330. The number of aliphatic imine (C=N–C) groups is 1. The Hall–Kier alpha value is -3.99. The smallest absolute Gasteiger partial charge is 0.339 e. The van der Waals surface area contributed by atoms with Gasteiger partial charge in [-0.25, -0.2) is 4.79 Å². The van der Waals surface area contributed by atoms with Gasteiger partial charge in [-0.15, -0.1) is 11.3 Å². The Balaban J connectivity index is 0.000000551. The molecule has 3 aromatic heterocycles. The lowest BCUT2D eigenvalue weighted by atomic mass is 10.1. The molecule has 1 aromatic carbocycles. The van der Waals surface area contributed by atoms with Crippen molar-refractivity contribution in [2.75, 3.05) is 12.4 Å². The second-order valence-corrected chi connectivity index (χ2v) is 7.33. The van der Waals surface area contributed by atoms with Crippen LogP contribution in [0.1, 0.15) is 41.7 Å². The molecule has 2 N–H and O–H groups in total. The second-order valence-electron chi connectivity index (χ2n) is 6.45. The molecule has 3 heterocycles. The highest BCUT2D eigenvalue weighted by Gasteiger charge is 2.24. The SMILES string of the molecule is CC.CN=C(C)F.O=C(Nc1scc(-c2ccc(F)nc2F)c1C(=O)O)c1cc2ccccc2o1. The number of aromatic nitrogens is 1. The van der Waals surface area contributed by atoms with E-state index in [4.69, 9.17) is 4.42 Å². The summed E-state index contributed by atoms with van der Waals surface area (Å²) in [6, 6.07) is 10.6. The number of para-hydroxylation sites is 1. The van der Waals surface area contributed by atoms with Crippen molar-refractivity contribution < 1.29 is 32.3 Å². The molecule has 4 rings (SSSR count). The summed E-state index contributed by atoms with van der Waals surface area (Å²) in [5.74, 6) is -4.56. The van der Waals surface area contributed by atoms with Crippen LogP contribution in [-0.2, 0) is 0 Å². The zero-order valence-electron chi connectivity index (χ0n) is 19.2. The van der Waals surface area contributed by atoms with E-state index in [-0.39, 0.29) is 33.4 Å². The predicted octanol–water partition coefficient (Wildman–Crippen LogP) is 6.82. The quantitative estimate of drug-likeness (QED) is 0.234. The lowest BCUT2D eigenvalue weighted by molar-refractivity contribution is 0.0699. The Morgan fingerprint density at radius 2 is 1.77 bits per heavy atom. The fourth-order valence-corrected chi connectivity index (χ4v) is 3.68. The van der Waals surface area contributed by atoms with E-state index < -0.39 is 23.8 Å². The Labute approximate surface area is 203 Å². The largest absolute Gasteiger partial charge is 0.478 e. The van der Waals surface area contributed by atoms with E-state index in [1.165, 1.54) is 25.4 Å². The first-order chi connectivity index (χ1) is 16.7. The van der Waals surface area contributed by atoms with Gasteiger partial charge in [0.2, 0.25) is 11.9 Å². The number of thiophene rings is 1. The number of halogens is 3. The third kappa shape index (κ3) is 6.76. The van der Waals surface area contributed by atoms with Gasteiger partial charge in [-0.1, -0.05) is 32.0 Å². The summed E-state index contributed by atoms with van der Waals surface area (Å²) in [4.78, 5) is 30.4. The number of nitrogens with zero attached hydrogens (tertiary/aromatic N) is 2. The number of furan rings is 1. The van der Waals surface area contributed by atoms with Crippen LogP contribution in [0, 0.1) is 11.9 Å². The Morgan fingerprint density at radius 3 is 2.34 bits per heavy atom. The molecule has 35 heavy (non-hydrogen) atoms. The average Bonchev–Trinajstić information content (AvgIpc) is 3.45. The van der Waals surface area contributed by atoms with Gasteiger partial charge in [0.1, 0.15) is 16.1 Å². The molecule has 1 amide bonds. The Morgan fingerprint density at radius 1 is 1.11 bits per heavy atom. The highest BCUT2D eigenvalue weighted by atomic mass is 32.1. The molecule has 0 fully saturated rings. The third-order valence-corrected chi connectivity index (χ3v) is 5.19. The topological polar surface area (TPSA) is 105 Å². The van der Waals surface area contributed by atoms with Crippen LogP contribution in [0.15, 0.2) is 57.3 Å². The first kappa shape index (κ1) is 27.3. The first-order valence-electron chi connectivity index (χ1n) is 10.3. The number of amides is 1. The van der Waals surface area contributed by atoms with Crippen molar-refractivity contribution in [1.29, 1.82) is 0 Å². The van der Waals surface area contributed by atoms with Gasteiger partial charge in [-0.3, -0.25) is 9.79 Å². The lowest BCUT2D eigenvalue weighted by Crippen LogP contribution is -2.12. The summed E-state index contributed by atoms with van der Waals surface area (Å²) in [6.07, 6.45) is 0. The van der Waals surface area contributed by atoms with Gasteiger partial charge < -0.3 is 14.8 Å². The molecule has 0 atom stereocenters. The van der Waals surface area contributed by atoms with Crippen molar-refractivity contribution in [3.8, 4) is 11.1 Å². The van der Waals surface area contributed by atoms with E-state index >= 15 is 0 Å². The zero-order chi connectivity index (χ0) is 26.1. The molecule has 0 bridgehead atoms. The number of carboxylic acid groups (broad SMARTS) is 1. The predicted molar refractivity (Wildman–Crippen MR) is 130 cm³/mol. The van der Waals surface area contributed by atoms with Crippen LogP contribution >= 0.6 is 11.3 Å². The Kier molecular flexibility index (Phi) is 9.71. The van der Waals surface area contributed by atoms with Crippen LogP contribution in [-0.4, -0.2) is 35.0 Å². The molecule has 11 heteroatoms. The number of fused-ring (bicyclic) bond motifs is 1. The first-order valence-corrected chi connectivity index (χ1v) is 11.1. The number of carbonyl (C=O) groups is 2. The van der Waals surface area contributed by atoms with Crippen molar-refractivity contribution in [3.05, 3.63) is 71.1 Å².